The SMILES string of the molecule is COC(=O)C1=c2c(c3ccccc3n2C)=CCC1C(=O)OC. The molecule has 0 saturated carbocycles. The molecule has 1 aliphatic rings. The van der Waals surface area contributed by atoms with Crippen molar-refractivity contribution in [1.29, 1.82) is 0 Å². The molecule has 0 saturated heterocycles. The molecular weight excluding hydrogens is 282 g/mol. The predicted octanol–water partition coefficient (Wildman–Crippen LogP) is 0.475. The normalized spacial score (nSPS) is 16.9. The molecule has 0 N–H and O–H groups in total. The van der Waals surface area contributed by atoms with Crippen LogP contribution in [0.15, 0.2) is 24.3 Å². The van der Waals surface area contributed by atoms with Crippen molar-refractivity contribution in [2.75, 3.05) is 14.2 Å². The second-order valence-corrected chi connectivity index (χ2v) is 5.26. The molecule has 0 spiro atoms. The van der Waals surface area contributed by atoms with Crippen LogP contribution in [0.25, 0.3) is 22.6 Å². The minimum atomic E-state index is -0.632. The second kappa shape index (κ2) is 5.33. The number of carbonyl (C=O) groups excluding carboxylic acids is 2. The van der Waals surface area contributed by atoms with Gasteiger partial charge < -0.3 is 14.0 Å². The Morgan fingerprint density at radius 1 is 1.18 bits per heavy atom. The highest BCUT2D eigenvalue weighted by Crippen LogP contribution is 2.22. The van der Waals surface area contributed by atoms with E-state index in [4.69, 9.17) is 9.47 Å². The zero-order chi connectivity index (χ0) is 15.9. The molecule has 0 bridgehead atoms. The molecule has 0 fully saturated rings. The van der Waals surface area contributed by atoms with Crippen LogP contribution in [0.2, 0.25) is 0 Å². The molecule has 114 valence electrons. The molecular formula is C17H17NO4. The number of nitrogens with zero attached hydrogens (tertiary/aromatic N) is 1. The highest BCUT2D eigenvalue weighted by Gasteiger charge is 2.33. The number of esters is 2. The Bertz CT molecular complexity index is 891. The number of ether oxygens (including phenoxy) is 2. The third-order valence-corrected chi connectivity index (χ3v) is 4.20. The Labute approximate surface area is 127 Å². The number of methoxy groups -OCH3 is 2. The van der Waals surface area contributed by atoms with Gasteiger partial charge in [-0.3, -0.25) is 4.79 Å². The number of aryl methyl sites for hydroxylation is 1. The van der Waals surface area contributed by atoms with Gasteiger partial charge in [0.05, 0.1) is 31.1 Å². The van der Waals surface area contributed by atoms with Crippen molar-refractivity contribution in [3.05, 3.63) is 34.8 Å². The van der Waals surface area contributed by atoms with Crippen molar-refractivity contribution < 1.29 is 19.1 Å². The Kier molecular flexibility index (Phi) is 3.48. The number of hydrogen-bond donors (Lipinski definition) is 0. The van der Waals surface area contributed by atoms with E-state index < -0.39 is 17.9 Å². The number of para-hydroxylation sites is 1. The standard InChI is InChI=1S/C17H17NO4/c1-18-13-7-5-4-6-10(13)11-8-9-12(16(19)21-2)14(15(11)18)17(20)22-3/h4-8,12H,9H2,1-3H3. The van der Waals surface area contributed by atoms with Gasteiger partial charge in [0.15, 0.2) is 0 Å². The monoisotopic (exact) mass is 299 g/mol. The van der Waals surface area contributed by atoms with E-state index in [0.29, 0.717) is 12.0 Å². The molecule has 1 heterocycles. The lowest BCUT2D eigenvalue weighted by Crippen LogP contribution is -2.41. The Morgan fingerprint density at radius 3 is 2.59 bits per heavy atom. The summed E-state index contributed by atoms with van der Waals surface area (Å²) in [4.78, 5) is 24.3. The van der Waals surface area contributed by atoms with Crippen LogP contribution < -0.4 is 10.6 Å². The third kappa shape index (κ3) is 1.93. The van der Waals surface area contributed by atoms with Crippen molar-refractivity contribution in [1.82, 2.24) is 4.57 Å². The first kappa shape index (κ1) is 14.4. The molecule has 1 unspecified atom stereocenters. The van der Waals surface area contributed by atoms with Crippen LogP contribution in [-0.4, -0.2) is 30.7 Å². The zero-order valence-electron chi connectivity index (χ0n) is 12.8. The van der Waals surface area contributed by atoms with Crippen molar-refractivity contribution in [3.8, 4) is 0 Å². The van der Waals surface area contributed by atoms with Gasteiger partial charge in [0.2, 0.25) is 0 Å². The highest BCUT2D eigenvalue weighted by atomic mass is 16.5. The fourth-order valence-electron chi connectivity index (χ4n) is 3.18. The van der Waals surface area contributed by atoms with E-state index in [0.717, 1.165) is 21.5 Å². The van der Waals surface area contributed by atoms with Gasteiger partial charge in [-0.15, -0.1) is 0 Å². The Balaban J connectivity index is 2.46. The maximum Gasteiger partial charge on any atom is 0.336 e. The summed E-state index contributed by atoms with van der Waals surface area (Å²) in [5.41, 5.74) is 1.38. The molecule has 2 aromatic rings. The summed E-state index contributed by atoms with van der Waals surface area (Å²) in [6.45, 7) is 0. The first-order valence-electron chi connectivity index (χ1n) is 7.04. The number of hydrogen-bond acceptors (Lipinski definition) is 4. The summed E-state index contributed by atoms with van der Waals surface area (Å²) >= 11 is 0. The summed E-state index contributed by atoms with van der Waals surface area (Å²) in [6.07, 6.45) is 2.42. The molecule has 3 rings (SSSR count). The average molecular weight is 299 g/mol. The van der Waals surface area contributed by atoms with Gasteiger partial charge in [-0.2, -0.15) is 0 Å². The fourth-order valence-corrected chi connectivity index (χ4v) is 3.18. The maximum atomic E-state index is 12.3. The minimum Gasteiger partial charge on any atom is -0.469 e. The Hall–Kier alpha value is -2.56. The lowest BCUT2D eigenvalue weighted by atomic mass is 9.90. The highest BCUT2D eigenvalue weighted by molar-refractivity contribution is 6.16. The number of benzene rings is 1. The molecule has 0 radical (unpaired) electrons. The molecule has 0 amide bonds. The smallest absolute Gasteiger partial charge is 0.336 e. The number of fused-ring (bicyclic) bond motifs is 3. The summed E-state index contributed by atoms with van der Waals surface area (Å²) < 4.78 is 11.7. The Morgan fingerprint density at radius 2 is 1.91 bits per heavy atom. The van der Waals surface area contributed by atoms with Gasteiger partial charge in [0.25, 0.3) is 0 Å². The molecule has 1 atom stereocenters. The maximum absolute atomic E-state index is 12.3. The molecule has 5 nitrogen and oxygen atoms in total. The van der Waals surface area contributed by atoms with E-state index >= 15 is 0 Å². The lowest BCUT2D eigenvalue weighted by molar-refractivity contribution is -0.145. The zero-order valence-corrected chi connectivity index (χ0v) is 12.8. The first-order chi connectivity index (χ1) is 10.6. The van der Waals surface area contributed by atoms with Crippen LogP contribution >= 0.6 is 0 Å². The van der Waals surface area contributed by atoms with Crippen LogP contribution in [0.4, 0.5) is 0 Å². The van der Waals surface area contributed by atoms with Crippen molar-refractivity contribution in [3.63, 3.8) is 0 Å². The number of aromatic nitrogens is 1. The van der Waals surface area contributed by atoms with Crippen molar-refractivity contribution in [2.24, 2.45) is 13.0 Å². The second-order valence-electron chi connectivity index (χ2n) is 5.26. The quantitative estimate of drug-likeness (QED) is 0.757. The fraction of sp³-hybridized carbons (Fsp3) is 0.294. The average Bonchev–Trinajstić information content (AvgIpc) is 2.86. The van der Waals surface area contributed by atoms with E-state index in [1.165, 1.54) is 14.2 Å². The van der Waals surface area contributed by atoms with Gasteiger partial charge in [-0.05, 0) is 12.5 Å². The minimum absolute atomic E-state index is 0.366. The van der Waals surface area contributed by atoms with Crippen molar-refractivity contribution >= 4 is 34.5 Å². The lowest BCUT2D eigenvalue weighted by Gasteiger charge is -2.18. The topological polar surface area (TPSA) is 57.5 Å². The van der Waals surface area contributed by atoms with Gasteiger partial charge >= 0.3 is 11.9 Å². The molecule has 0 aliphatic heterocycles. The summed E-state index contributed by atoms with van der Waals surface area (Å²) in [5.74, 6) is -1.55. The van der Waals surface area contributed by atoms with Gasteiger partial charge in [-0.1, -0.05) is 24.3 Å². The van der Waals surface area contributed by atoms with Gasteiger partial charge in [0.1, 0.15) is 0 Å². The largest absolute Gasteiger partial charge is 0.469 e. The van der Waals surface area contributed by atoms with Crippen LogP contribution in [-0.2, 0) is 26.1 Å². The van der Waals surface area contributed by atoms with Crippen LogP contribution in [0.3, 0.4) is 0 Å². The molecule has 1 aliphatic carbocycles. The summed E-state index contributed by atoms with van der Waals surface area (Å²) in [5, 5.41) is 2.76. The molecule has 22 heavy (non-hydrogen) atoms. The van der Waals surface area contributed by atoms with Gasteiger partial charge in [-0.25, -0.2) is 4.79 Å². The van der Waals surface area contributed by atoms with Crippen LogP contribution in [0, 0.1) is 5.92 Å². The van der Waals surface area contributed by atoms with Crippen LogP contribution in [0.5, 0.6) is 0 Å². The van der Waals surface area contributed by atoms with Crippen LogP contribution in [0.1, 0.15) is 6.42 Å². The van der Waals surface area contributed by atoms with E-state index in [2.05, 4.69) is 0 Å². The van der Waals surface area contributed by atoms with E-state index in [1.807, 2.05) is 42.0 Å². The predicted molar refractivity (Wildman–Crippen MR) is 82.2 cm³/mol. The molecule has 5 heteroatoms. The summed E-state index contributed by atoms with van der Waals surface area (Å²) in [7, 11) is 4.54. The summed E-state index contributed by atoms with van der Waals surface area (Å²) in [6, 6.07) is 7.91. The first-order valence-corrected chi connectivity index (χ1v) is 7.04. The molecule has 1 aromatic carbocycles. The van der Waals surface area contributed by atoms with Gasteiger partial charge in [0, 0.05) is 23.2 Å². The van der Waals surface area contributed by atoms with E-state index in [-0.39, 0.29) is 0 Å². The third-order valence-electron chi connectivity index (χ3n) is 4.20. The van der Waals surface area contributed by atoms with E-state index in [1.54, 1.807) is 0 Å². The molecule has 1 aromatic heterocycles. The number of rotatable bonds is 2. The van der Waals surface area contributed by atoms with E-state index in [9.17, 15) is 9.59 Å². The number of carbonyl (C=O) groups is 2. The van der Waals surface area contributed by atoms with Crippen molar-refractivity contribution in [2.45, 2.75) is 6.42 Å².